The van der Waals surface area contributed by atoms with E-state index in [1.807, 2.05) is 0 Å². The van der Waals surface area contributed by atoms with Crippen molar-refractivity contribution in [2.75, 3.05) is 0 Å². The predicted molar refractivity (Wildman–Crippen MR) is 0 cm³/mol. The molecule has 0 saturated carbocycles. The third-order valence-corrected chi connectivity index (χ3v) is 0. The zero-order valence-electron chi connectivity index (χ0n) is 1.62. The van der Waals surface area contributed by atoms with Gasteiger partial charge in [0.1, 0.15) is 0 Å². The molecule has 0 spiro atoms. The second-order valence-corrected chi connectivity index (χ2v) is 0. The van der Waals surface area contributed by atoms with Crippen molar-refractivity contribution in [3.8, 4) is 0 Å². The number of hydrogen-bond donors (Lipinski definition) is 0. The van der Waals surface area contributed by atoms with E-state index in [2.05, 4.69) is 0 Å². The van der Waals surface area contributed by atoms with Gasteiger partial charge in [0.2, 0.25) is 0 Å². The third kappa shape index (κ3) is 8.99. The zero-order chi connectivity index (χ0) is 0. The SMILES string of the molecule is [Ce].[Cu].[Ni].[Zr]. The van der Waals surface area contributed by atoms with E-state index in [1.54, 1.807) is 0 Å². The molecule has 4 heteroatoms. The first-order valence-corrected chi connectivity index (χ1v) is 0. The molecule has 0 bridgehead atoms. The Balaban J connectivity index is 0. The fourth-order valence-electron chi connectivity index (χ4n) is 0. The Morgan fingerprint density at radius 3 is 1.00 bits per heavy atom. The van der Waals surface area contributed by atoms with Gasteiger partial charge in [0.15, 0.2) is 0 Å². The van der Waals surface area contributed by atoms with Crippen molar-refractivity contribution in [3.05, 3.63) is 0 Å². The van der Waals surface area contributed by atoms with Crippen LogP contribution in [0.2, 0.25) is 0 Å². The van der Waals surface area contributed by atoms with Gasteiger partial charge >= 0.3 is 0 Å². The average molecular weight is 354 g/mol. The molecule has 0 fully saturated rings. The largest absolute Gasteiger partial charge is 0 e. The Morgan fingerprint density at radius 2 is 1.00 bits per heavy atom. The maximum absolute atomic E-state index is 0. The second-order valence-electron chi connectivity index (χ2n) is 0. The van der Waals surface area contributed by atoms with Crippen molar-refractivity contribution >= 4 is 0 Å². The van der Waals surface area contributed by atoms with Crippen LogP contribution in [0.15, 0.2) is 0 Å². The summed E-state index contributed by atoms with van der Waals surface area (Å²) in [5.41, 5.74) is 0. The van der Waals surface area contributed by atoms with E-state index in [0.717, 1.165) is 0 Å². The summed E-state index contributed by atoms with van der Waals surface area (Å²) < 4.78 is 0. The summed E-state index contributed by atoms with van der Waals surface area (Å²) in [6.07, 6.45) is 0. The first-order chi connectivity index (χ1) is 0. The molecule has 0 atom stereocenters. The van der Waals surface area contributed by atoms with Crippen LogP contribution in [0.4, 0.5) is 0 Å². The molecule has 0 aliphatic heterocycles. The Hall–Kier alpha value is 3.27. The van der Waals surface area contributed by atoms with Gasteiger partial charge in [-0.15, -0.1) is 0 Å². The molecule has 0 aromatic heterocycles. The molecule has 0 amide bonds. The molecular formula is CeCuNiZr. The van der Waals surface area contributed by atoms with Crippen molar-refractivity contribution < 1.29 is 102 Å². The fourth-order valence-corrected chi connectivity index (χ4v) is 0. The van der Waals surface area contributed by atoms with E-state index in [4.69, 9.17) is 0 Å². The molecule has 1 radical (unpaired) electrons. The molecule has 0 nitrogen and oxygen atoms in total. The van der Waals surface area contributed by atoms with E-state index in [1.165, 1.54) is 0 Å². The maximum atomic E-state index is 0. The summed E-state index contributed by atoms with van der Waals surface area (Å²) in [6.45, 7) is 0. The summed E-state index contributed by atoms with van der Waals surface area (Å²) >= 11 is 0. The number of hydrogen-bond acceptors (Lipinski definition) is 0. The Bertz CT molecular complexity index is 8.00. The van der Waals surface area contributed by atoms with Gasteiger partial charge < -0.3 is 0 Å². The zero-order valence-corrected chi connectivity index (χ0v) is 9.15. The summed E-state index contributed by atoms with van der Waals surface area (Å²) in [5, 5.41) is 0. The van der Waals surface area contributed by atoms with E-state index < -0.39 is 0 Å². The fraction of sp³-hybridized carbons (Fsp3) is 0. The van der Waals surface area contributed by atoms with Crippen LogP contribution in [0.1, 0.15) is 0 Å². The van der Waals surface area contributed by atoms with Crippen molar-refractivity contribution in [2.24, 2.45) is 0 Å². The first kappa shape index (κ1) is 26.7. The van der Waals surface area contributed by atoms with Crippen LogP contribution < -0.4 is 0 Å². The average Bonchev–Trinajstić information content (AvgIpc) is 0. The molecule has 4 heavy (non-hydrogen) atoms. The van der Waals surface area contributed by atoms with Gasteiger partial charge in [-0.05, 0) is 0 Å². The minimum atomic E-state index is 0. The van der Waals surface area contributed by atoms with Gasteiger partial charge in [0.05, 0.1) is 0 Å². The van der Waals surface area contributed by atoms with E-state index in [0.29, 0.717) is 0 Å². The molecule has 0 unspecified atom stereocenters. The van der Waals surface area contributed by atoms with Crippen LogP contribution >= 0.6 is 0 Å². The maximum Gasteiger partial charge on any atom is 0 e. The monoisotopic (exact) mass is 351 g/mol. The summed E-state index contributed by atoms with van der Waals surface area (Å²) in [7, 11) is 0. The normalized spacial score (nSPS) is 0. The first-order valence-electron chi connectivity index (χ1n) is 0. The summed E-state index contributed by atoms with van der Waals surface area (Å²) in [4.78, 5) is 0. The molecule has 0 aromatic rings. The van der Waals surface area contributed by atoms with Crippen LogP contribution in [0.25, 0.3) is 0 Å². The number of rotatable bonds is 0. The van der Waals surface area contributed by atoms with Crippen LogP contribution in [-0.4, -0.2) is 0 Å². The molecule has 0 saturated heterocycles. The topological polar surface area (TPSA) is 0 Å². The van der Waals surface area contributed by atoms with E-state index in [-0.39, 0.29) is 102 Å². The molecule has 0 rings (SSSR count). The van der Waals surface area contributed by atoms with E-state index >= 15 is 0 Å². The van der Waals surface area contributed by atoms with Gasteiger partial charge in [-0.2, -0.15) is 0 Å². The molecule has 0 heterocycles. The molecule has 0 aromatic carbocycles. The van der Waals surface area contributed by atoms with Crippen LogP contribution in [-0.2, 0) is 59.8 Å². The summed E-state index contributed by atoms with van der Waals surface area (Å²) in [6, 6.07) is 0. The van der Waals surface area contributed by atoms with Gasteiger partial charge in [0.25, 0.3) is 0 Å². The van der Waals surface area contributed by atoms with Crippen molar-refractivity contribution in [1.82, 2.24) is 0 Å². The standard InChI is InChI=1S/Ce.Cu.Ni.Zr. The Labute approximate surface area is 99.1 Å². The van der Waals surface area contributed by atoms with Gasteiger partial charge in [-0.3, -0.25) is 0 Å². The molecule has 29 valence electrons. The molecular weight excluding hydrogens is 354 g/mol. The van der Waals surface area contributed by atoms with Crippen molar-refractivity contribution in [1.29, 1.82) is 0 Å². The van der Waals surface area contributed by atoms with Crippen LogP contribution in [0.3, 0.4) is 0 Å². The van der Waals surface area contributed by atoms with Crippen LogP contribution in [0, 0.1) is 41.7 Å². The van der Waals surface area contributed by atoms with Crippen molar-refractivity contribution in [2.45, 2.75) is 0 Å². The third-order valence-electron chi connectivity index (χ3n) is 0. The predicted octanol–water partition coefficient (Wildman–Crippen LogP) is -0.00750. The Morgan fingerprint density at radius 1 is 1.00 bits per heavy atom. The van der Waals surface area contributed by atoms with Crippen LogP contribution in [0.5, 0.6) is 0 Å². The van der Waals surface area contributed by atoms with Gasteiger partial charge in [-0.1, -0.05) is 0 Å². The minimum Gasteiger partial charge on any atom is 0 e. The molecule has 0 aliphatic rings. The summed E-state index contributed by atoms with van der Waals surface area (Å²) in [5.74, 6) is 0. The molecule has 0 aliphatic carbocycles. The smallest absolute Gasteiger partial charge is 0 e. The van der Waals surface area contributed by atoms with Crippen molar-refractivity contribution in [3.63, 3.8) is 0 Å². The van der Waals surface area contributed by atoms with Gasteiger partial charge in [-0.25, -0.2) is 0 Å². The molecule has 0 N–H and O–H groups in total. The van der Waals surface area contributed by atoms with E-state index in [9.17, 15) is 0 Å². The second kappa shape index (κ2) is 16.3. The quantitative estimate of drug-likeness (QED) is 0.538. The Kier molecular flexibility index (Phi) is 109. The minimum absolute atomic E-state index is 0. The van der Waals surface area contributed by atoms with Gasteiger partial charge in [0, 0.05) is 102 Å².